The molecule has 2 aromatic rings. The lowest BCUT2D eigenvalue weighted by atomic mass is 10.0. The minimum absolute atomic E-state index is 0.154. The van der Waals surface area contributed by atoms with Crippen molar-refractivity contribution < 1.29 is 23.7 Å². The summed E-state index contributed by atoms with van der Waals surface area (Å²) in [6.45, 7) is 2.55. The van der Waals surface area contributed by atoms with Crippen molar-refractivity contribution >= 4 is 11.8 Å². The molecule has 0 radical (unpaired) electrons. The third kappa shape index (κ3) is 3.27. The Morgan fingerprint density at radius 1 is 1.46 bits per heavy atom. The van der Waals surface area contributed by atoms with E-state index in [1.807, 2.05) is 0 Å². The van der Waals surface area contributed by atoms with Crippen LogP contribution in [0.2, 0.25) is 0 Å². The first-order chi connectivity index (χ1) is 12.5. The Balaban J connectivity index is 2.12. The predicted molar refractivity (Wildman–Crippen MR) is 87.7 cm³/mol. The molecule has 1 aromatic heterocycles. The number of nitrogens with zero attached hydrogens (tertiary/aromatic N) is 3. The molecule has 1 unspecified atom stereocenters. The van der Waals surface area contributed by atoms with Crippen LogP contribution in [0.3, 0.4) is 0 Å². The van der Waals surface area contributed by atoms with Crippen molar-refractivity contribution in [3.63, 3.8) is 0 Å². The molecular formula is C17H15FN4O4. The van der Waals surface area contributed by atoms with Crippen molar-refractivity contribution in [1.29, 1.82) is 5.26 Å². The summed E-state index contributed by atoms with van der Waals surface area (Å²) in [6.07, 6.45) is 0.238. The maximum absolute atomic E-state index is 12.5. The van der Waals surface area contributed by atoms with Gasteiger partial charge in [0.1, 0.15) is 11.9 Å². The maximum atomic E-state index is 12.5. The molecule has 8 nitrogen and oxygen atoms in total. The minimum Gasteiger partial charge on any atom is -0.471 e. The molecule has 0 amide bonds. The molecule has 1 atom stereocenters. The molecule has 26 heavy (non-hydrogen) atoms. The van der Waals surface area contributed by atoms with E-state index in [0.29, 0.717) is 36.3 Å². The minimum atomic E-state index is -1.34. The average molecular weight is 358 g/mol. The highest BCUT2D eigenvalue weighted by atomic mass is 19.3. The summed E-state index contributed by atoms with van der Waals surface area (Å²) in [5.41, 5.74) is 7.08. The van der Waals surface area contributed by atoms with Gasteiger partial charge in [-0.2, -0.15) is 10.2 Å². The van der Waals surface area contributed by atoms with Gasteiger partial charge < -0.3 is 15.2 Å². The normalized spacial score (nSPS) is 16.1. The number of anilines is 1. The number of nitriles is 1. The van der Waals surface area contributed by atoms with Crippen LogP contribution in [0.1, 0.15) is 27.9 Å². The molecule has 1 aliphatic rings. The van der Waals surface area contributed by atoms with Gasteiger partial charge in [0.25, 0.3) is 0 Å². The van der Waals surface area contributed by atoms with Gasteiger partial charge in [0.05, 0.1) is 24.8 Å². The second-order valence-corrected chi connectivity index (χ2v) is 5.67. The molecule has 3 rings (SSSR count). The summed E-state index contributed by atoms with van der Waals surface area (Å²) in [4.78, 5) is 23.3. The average Bonchev–Trinajstić information content (AvgIpc) is 3.14. The van der Waals surface area contributed by atoms with E-state index in [9.17, 15) is 14.6 Å². The quantitative estimate of drug-likeness (QED) is 0.882. The smallest absolute Gasteiger partial charge is 0.388 e. The highest BCUT2D eigenvalue weighted by molar-refractivity contribution is 5.96. The van der Waals surface area contributed by atoms with E-state index in [1.165, 1.54) is 0 Å². The maximum Gasteiger partial charge on any atom is 0.388 e. The van der Waals surface area contributed by atoms with Gasteiger partial charge in [0.2, 0.25) is 5.88 Å². The number of benzene rings is 1. The van der Waals surface area contributed by atoms with Crippen molar-refractivity contribution in [3.05, 3.63) is 34.9 Å². The number of halogens is 1. The van der Waals surface area contributed by atoms with Crippen LogP contribution in [0, 0.1) is 18.3 Å². The van der Waals surface area contributed by atoms with Gasteiger partial charge >= 0.3 is 5.97 Å². The molecule has 1 aromatic carbocycles. The molecule has 9 heteroatoms. The number of hydrogen-bond donors (Lipinski definition) is 1. The first-order valence-corrected chi connectivity index (χ1v) is 7.80. The van der Waals surface area contributed by atoms with E-state index >= 15 is 0 Å². The molecule has 134 valence electrons. The first kappa shape index (κ1) is 17.6. The Morgan fingerprint density at radius 2 is 2.27 bits per heavy atom. The highest BCUT2D eigenvalue weighted by Crippen LogP contribution is 2.30. The molecule has 0 aliphatic carbocycles. The summed E-state index contributed by atoms with van der Waals surface area (Å²) in [6, 6.07) is 7.12. The topological polar surface area (TPSA) is 120 Å². The van der Waals surface area contributed by atoms with Crippen LogP contribution in [-0.2, 0) is 9.68 Å². The standard InChI is InChI=1S/C17H15FN4O4/c1-9-10(7-19)3-2-4-12(9)15-21-14(20)13(17(23)26-18)16(22-15)25-11-5-6-24-8-11/h2-4,11H,5-6,8H2,1H3,(H2,20,21,22). The molecule has 1 aliphatic heterocycles. The second kappa shape index (κ2) is 7.33. The molecule has 1 saturated heterocycles. The summed E-state index contributed by atoms with van der Waals surface area (Å²) in [5, 5.41) is 9.18. The third-order valence-corrected chi connectivity index (χ3v) is 4.04. The van der Waals surface area contributed by atoms with E-state index in [1.54, 1.807) is 25.1 Å². The molecule has 0 bridgehead atoms. The number of carbonyl (C=O) groups excluding carboxylic acids is 1. The van der Waals surface area contributed by atoms with E-state index in [-0.39, 0.29) is 23.6 Å². The fourth-order valence-electron chi connectivity index (χ4n) is 2.66. The third-order valence-electron chi connectivity index (χ3n) is 4.04. The zero-order valence-corrected chi connectivity index (χ0v) is 13.9. The fraction of sp³-hybridized carbons (Fsp3) is 0.294. The van der Waals surface area contributed by atoms with E-state index in [0.717, 1.165) is 0 Å². The molecule has 2 N–H and O–H groups in total. The fourth-order valence-corrected chi connectivity index (χ4v) is 2.66. The second-order valence-electron chi connectivity index (χ2n) is 5.67. The monoisotopic (exact) mass is 358 g/mol. The summed E-state index contributed by atoms with van der Waals surface area (Å²) < 4.78 is 23.4. The first-order valence-electron chi connectivity index (χ1n) is 7.80. The van der Waals surface area contributed by atoms with E-state index < -0.39 is 11.5 Å². The summed E-state index contributed by atoms with van der Waals surface area (Å²) >= 11 is 0. The molecule has 0 saturated carbocycles. The predicted octanol–water partition coefficient (Wildman–Crippen LogP) is 2.11. The number of ether oxygens (including phenoxy) is 2. The lowest BCUT2D eigenvalue weighted by Gasteiger charge is -2.16. The Hall–Kier alpha value is -3.25. The Morgan fingerprint density at radius 3 is 2.92 bits per heavy atom. The van der Waals surface area contributed by atoms with Gasteiger partial charge in [-0.15, -0.1) is 0 Å². The van der Waals surface area contributed by atoms with Crippen molar-refractivity contribution in [2.45, 2.75) is 19.4 Å². The SMILES string of the molecule is Cc1c(C#N)cccc1-c1nc(N)c(C(=O)OF)c(OC2CCOC2)n1. The van der Waals surface area contributed by atoms with Crippen LogP contribution < -0.4 is 10.5 Å². The van der Waals surface area contributed by atoms with E-state index in [2.05, 4.69) is 21.0 Å². The van der Waals surface area contributed by atoms with Gasteiger partial charge in [-0.3, -0.25) is 0 Å². The van der Waals surface area contributed by atoms with Crippen LogP contribution in [0.5, 0.6) is 5.88 Å². The van der Waals surface area contributed by atoms with Crippen LogP contribution in [0.25, 0.3) is 11.4 Å². The van der Waals surface area contributed by atoms with Crippen molar-refractivity contribution in [3.8, 4) is 23.3 Å². The number of rotatable bonds is 4. The number of hydrogen-bond acceptors (Lipinski definition) is 8. The molecule has 2 heterocycles. The van der Waals surface area contributed by atoms with Gasteiger partial charge in [0, 0.05) is 16.5 Å². The Labute approximate surface area is 148 Å². The number of aromatic nitrogens is 2. The van der Waals surface area contributed by atoms with Gasteiger partial charge in [-0.05, 0) is 18.6 Å². The number of carbonyl (C=O) groups is 1. The summed E-state index contributed by atoms with van der Waals surface area (Å²) in [5.74, 6) is -1.66. The van der Waals surface area contributed by atoms with Gasteiger partial charge in [0.15, 0.2) is 11.4 Å². The Kier molecular flexibility index (Phi) is 4.95. The highest BCUT2D eigenvalue weighted by Gasteiger charge is 2.27. The summed E-state index contributed by atoms with van der Waals surface area (Å²) in [7, 11) is 0. The molecule has 1 fully saturated rings. The zero-order valence-electron chi connectivity index (χ0n) is 13.9. The van der Waals surface area contributed by atoms with Crippen LogP contribution in [0.15, 0.2) is 18.2 Å². The van der Waals surface area contributed by atoms with Crippen molar-refractivity contribution in [2.75, 3.05) is 18.9 Å². The number of nitrogens with two attached hydrogens (primary N) is 1. The van der Waals surface area contributed by atoms with E-state index in [4.69, 9.17) is 15.2 Å². The lowest BCUT2D eigenvalue weighted by Crippen LogP contribution is -2.20. The van der Waals surface area contributed by atoms with Crippen molar-refractivity contribution in [2.24, 2.45) is 0 Å². The van der Waals surface area contributed by atoms with Crippen LogP contribution in [0.4, 0.5) is 10.3 Å². The zero-order chi connectivity index (χ0) is 18.7. The number of nitrogen functional groups attached to an aromatic ring is 1. The van der Waals surface area contributed by atoms with Crippen molar-refractivity contribution in [1.82, 2.24) is 9.97 Å². The Bertz CT molecular complexity index is 891. The largest absolute Gasteiger partial charge is 0.471 e. The van der Waals surface area contributed by atoms with Gasteiger partial charge in [-0.1, -0.05) is 12.1 Å². The van der Waals surface area contributed by atoms with Crippen LogP contribution in [-0.4, -0.2) is 35.3 Å². The molecular weight excluding hydrogens is 343 g/mol. The lowest BCUT2D eigenvalue weighted by molar-refractivity contribution is -0.0791. The van der Waals surface area contributed by atoms with Gasteiger partial charge in [-0.25, -0.2) is 14.7 Å². The molecule has 0 spiro atoms. The van der Waals surface area contributed by atoms with Crippen LogP contribution >= 0.6 is 0 Å².